The average Bonchev–Trinajstić information content (AvgIpc) is 2.61. The Balaban J connectivity index is 2.55. The number of furan rings is 1. The van der Waals surface area contributed by atoms with Gasteiger partial charge in [0.05, 0.1) is 0 Å². The Morgan fingerprint density at radius 3 is 2.53 bits per heavy atom. The lowest BCUT2D eigenvalue weighted by atomic mass is 10.1. The first-order valence-corrected chi connectivity index (χ1v) is 4.63. The van der Waals surface area contributed by atoms with Gasteiger partial charge in [-0.15, -0.1) is 0 Å². The van der Waals surface area contributed by atoms with Gasteiger partial charge in [0, 0.05) is 10.6 Å². The van der Waals surface area contributed by atoms with Crippen molar-refractivity contribution >= 4 is 17.5 Å². The summed E-state index contributed by atoms with van der Waals surface area (Å²) in [7, 11) is 0. The van der Waals surface area contributed by atoms with Crippen molar-refractivity contribution in [2.24, 2.45) is 0 Å². The zero-order valence-electron chi connectivity index (χ0n) is 7.70. The van der Waals surface area contributed by atoms with E-state index in [4.69, 9.17) is 27.0 Å². The minimum absolute atomic E-state index is 0.141. The molecule has 4 heteroatoms. The van der Waals surface area contributed by atoms with Gasteiger partial charge in [-0.1, -0.05) is 23.7 Å². The van der Waals surface area contributed by atoms with Crippen LogP contribution in [0.1, 0.15) is 5.56 Å². The molecule has 0 saturated carbocycles. The van der Waals surface area contributed by atoms with Crippen molar-refractivity contribution in [1.29, 1.82) is 5.26 Å². The van der Waals surface area contributed by atoms with E-state index in [2.05, 4.69) is 0 Å². The van der Waals surface area contributed by atoms with E-state index in [1.54, 1.807) is 12.1 Å². The zero-order valence-corrected chi connectivity index (χ0v) is 8.45. The number of halogens is 1. The molecule has 0 aliphatic heterocycles. The second-order valence-corrected chi connectivity index (χ2v) is 3.44. The van der Waals surface area contributed by atoms with Gasteiger partial charge >= 0.3 is 0 Å². The number of nitriles is 1. The van der Waals surface area contributed by atoms with Gasteiger partial charge in [-0.3, -0.25) is 0 Å². The van der Waals surface area contributed by atoms with Gasteiger partial charge in [0.2, 0.25) is 5.88 Å². The molecule has 2 N–H and O–H groups in total. The first-order chi connectivity index (χ1) is 7.22. The fourth-order valence-electron chi connectivity index (χ4n) is 1.33. The lowest BCUT2D eigenvalue weighted by molar-refractivity contribution is 0.588. The van der Waals surface area contributed by atoms with Crippen molar-refractivity contribution in [3.63, 3.8) is 0 Å². The SMILES string of the molecule is N#Cc1c(-c2ccc(Cl)cc2)coc1N. The highest BCUT2D eigenvalue weighted by Crippen LogP contribution is 2.29. The maximum atomic E-state index is 8.89. The van der Waals surface area contributed by atoms with Crippen LogP contribution in [0.2, 0.25) is 5.02 Å². The quantitative estimate of drug-likeness (QED) is 0.800. The number of rotatable bonds is 1. The first-order valence-electron chi connectivity index (χ1n) is 4.25. The number of hydrogen-bond donors (Lipinski definition) is 1. The van der Waals surface area contributed by atoms with Crippen molar-refractivity contribution < 1.29 is 4.42 Å². The average molecular weight is 219 g/mol. The van der Waals surface area contributed by atoms with Crippen LogP contribution in [0.4, 0.5) is 5.88 Å². The largest absolute Gasteiger partial charge is 0.447 e. The van der Waals surface area contributed by atoms with Crippen molar-refractivity contribution in [3.05, 3.63) is 41.1 Å². The Morgan fingerprint density at radius 1 is 1.27 bits per heavy atom. The molecular formula is C11H7ClN2O. The van der Waals surface area contributed by atoms with Gasteiger partial charge in [0.25, 0.3) is 0 Å². The Morgan fingerprint density at radius 2 is 1.93 bits per heavy atom. The molecule has 2 aromatic rings. The molecule has 0 spiro atoms. The summed E-state index contributed by atoms with van der Waals surface area (Å²) in [6.45, 7) is 0. The highest BCUT2D eigenvalue weighted by molar-refractivity contribution is 6.30. The van der Waals surface area contributed by atoms with Gasteiger partial charge < -0.3 is 10.2 Å². The molecule has 2 rings (SSSR count). The third kappa shape index (κ3) is 1.67. The smallest absolute Gasteiger partial charge is 0.208 e. The van der Waals surface area contributed by atoms with Crippen LogP contribution in [-0.2, 0) is 0 Å². The molecule has 1 aromatic carbocycles. The molecule has 0 saturated heterocycles. The molecule has 74 valence electrons. The molecule has 0 atom stereocenters. The minimum atomic E-state index is 0.141. The fourth-order valence-corrected chi connectivity index (χ4v) is 1.46. The summed E-state index contributed by atoms with van der Waals surface area (Å²) in [4.78, 5) is 0. The number of hydrogen-bond acceptors (Lipinski definition) is 3. The highest BCUT2D eigenvalue weighted by Gasteiger charge is 2.11. The van der Waals surface area contributed by atoms with Crippen LogP contribution in [-0.4, -0.2) is 0 Å². The molecule has 15 heavy (non-hydrogen) atoms. The number of nitrogens with zero attached hydrogens (tertiary/aromatic N) is 1. The van der Waals surface area contributed by atoms with Gasteiger partial charge in [-0.2, -0.15) is 5.26 Å². The fraction of sp³-hybridized carbons (Fsp3) is 0. The Hall–Kier alpha value is -1.92. The Kier molecular flexibility index (Phi) is 2.36. The van der Waals surface area contributed by atoms with Gasteiger partial charge in [0.15, 0.2) is 0 Å². The lowest BCUT2D eigenvalue weighted by Crippen LogP contribution is -1.85. The predicted molar refractivity (Wildman–Crippen MR) is 58.3 cm³/mol. The van der Waals surface area contributed by atoms with E-state index in [1.165, 1.54) is 6.26 Å². The van der Waals surface area contributed by atoms with Crippen LogP contribution in [0.25, 0.3) is 11.1 Å². The third-order valence-corrected chi connectivity index (χ3v) is 2.34. The van der Waals surface area contributed by atoms with Crippen LogP contribution < -0.4 is 5.73 Å². The summed E-state index contributed by atoms with van der Waals surface area (Å²) < 4.78 is 4.99. The topological polar surface area (TPSA) is 63.0 Å². The van der Waals surface area contributed by atoms with E-state index < -0.39 is 0 Å². The normalized spacial score (nSPS) is 9.87. The Bertz CT molecular complexity index is 523. The lowest BCUT2D eigenvalue weighted by Gasteiger charge is -1.97. The van der Waals surface area contributed by atoms with Crippen LogP contribution in [0.15, 0.2) is 34.9 Å². The number of benzene rings is 1. The summed E-state index contributed by atoms with van der Waals surface area (Å²) in [5.41, 5.74) is 7.41. The van der Waals surface area contributed by atoms with Crippen LogP contribution in [0, 0.1) is 11.3 Å². The summed E-state index contributed by atoms with van der Waals surface area (Å²) >= 11 is 5.76. The molecular weight excluding hydrogens is 212 g/mol. The monoisotopic (exact) mass is 218 g/mol. The summed E-state index contributed by atoms with van der Waals surface area (Å²) in [5.74, 6) is 0.141. The molecule has 0 bridgehead atoms. The molecule has 0 aliphatic carbocycles. The van der Waals surface area contributed by atoms with E-state index in [0.717, 1.165) is 5.56 Å². The molecule has 0 unspecified atom stereocenters. The minimum Gasteiger partial charge on any atom is -0.447 e. The molecule has 0 aliphatic rings. The number of anilines is 1. The van der Waals surface area contributed by atoms with Crippen LogP contribution in [0.3, 0.4) is 0 Å². The second kappa shape index (κ2) is 3.68. The summed E-state index contributed by atoms with van der Waals surface area (Å²) in [6.07, 6.45) is 1.47. The maximum absolute atomic E-state index is 8.89. The Labute approximate surface area is 91.7 Å². The van der Waals surface area contributed by atoms with E-state index >= 15 is 0 Å². The van der Waals surface area contributed by atoms with E-state index in [9.17, 15) is 0 Å². The van der Waals surface area contributed by atoms with E-state index in [1.807, 2.05) is 18.2 Å². The zero-order chi connectivity index (χ0) is 10.8. The van der Waals surface area contributed by atoms with Gasteiger partial charge in [-0.25, -0.2) is 0 Å². The second-order valence-electron chi connectivity index (χ2n) is 3.01. The summed E-state index contributed by atoms with van der Waals surface area (Å²) in [6, 6.07) is 9.13. The molecule has 1 aromatic heterocycles. The number of nitrogen functional groups attached to an aromatic ring is 1. The van der Waals surface area contributed by atoms with E-state index in [-0.39, 0.29) is 5.88 Å². The molecule has 0 amide bonds. The summed E-state index contributed by atoms with van der Waals surface area (Å²) in [5, 5.41) is 9.53. The van der Waals surface area contributed by atoms with Crippen LogP contribution in [0.5, 0.6) is 0 Å². The van der Waals surface area contributed by atoms with Crippen molar-refractivity contribution in [2.45, 2.75) is 0 Å². The van der Waals surface area contributed by atoms with Crippen LogP contribution >= 0.6 is 11.6 Å². The molecule has 1 heterocycles. The van der Waals surface area contributed by atoms with Gasteiger partial charge in [0.1, 0.15) is 17.9 Å². The first kappa shape index (κ1) is 9.63. The standard InChI is InChI=1S/C11H7ClN2O/c12-8-3-1-7(2-4-8)10-6-15-11(14)9(10)5-13/h1-4,6H,14H2. The maximum Gasteiger partial charge on any atom is 0.208 e. The van der Waals surface area contributed by atoms with Crippen molar-refractivity contribution in [3.8, 4) is 17.2 Å². The molecule has 0 fully saturated rings. The van der Waals surface area contributed by atoms with E-state index in [0.29, 0.717) is 16.1 Å². The number of nitrogens with two attached hydrogens (primary N) is 1. The van der Waals surface area contributed by atoms with Gasteiger partial charge in [-0.05, 0) is 17.7 Å². The highest BCUT2D eigenvalue weighted by atomic mass is 35.5. The van der Waals surface area contributed by atoms with Crippen molar-refractivity contribution in [2.75, 3.05) is 5.73 Å². The molecule has 0 radical (unpaired) electrons. The van der Waals surface area contributed by atoms with Crippen molar-refractivity contribution in [1.82, 2.24) is 0 Å². The third-order valence-electron chi connectivity index (χ3n) is 2.09. The predicted octanol–water partition coefficient (Wildman–Crippen LogP) is 3.05. The molecule has 3 nitrogen and oxygen atoms in total.